The third-order valence-electron chi connectivity index (χ3n) is 4.90. The number of rotatable bonds is 7. The second-order valence-corrected chi connectivity index (χ2v) is 9.27. The Morgan fingerprint density at radius 3 is 2.62 bits per heavy atom. The monoisotopic (exact) mass is 446 g/mol. The number of benzene rings is 2. The normalized spacial score (nSPS) is 12.0. The maximum atomic E-state index is 11.8. The van der Waals surface area contributed by atoms with Gasteiger partial charge in [-0.2, -0.15) is 5.10 Å². The van der Waals surface area contributed by atoms with Gasteiger partial charge in [-0.1, -0.05) is 24.3 Å². The van der Waals surface area contributed by atoms with Crippen LogP contribution in [0.4, 0.5) is 11.5 Å². The molecule has 0 saturated heterocycles. The van der Waals surface area contributed by atoms with Gasteiger partial charge in [-0.25, -0.2) is 18.4 Å². The zero-order valence-corrected chi connectivity index (χ0v) is 18.4. The summed E-state index contributed by atoms with van der Waals surface area (Å²) in [5.41, 5.74) is 7.20. The molecule has 0 unspecified atom stereocenters. The standard InChI is InChI=1S/C23H22N6O2S/c1-15(14-26-24-2)16-6-8-19(9-7-16)27-21-10-11-25-23(29-21)18-5-4-17-13-22(32(3,30)31)28-20(17)12-18/h4-14,26,28H,2H2,1,3H3,(H,25,27,29)/b15-14+. The Hall–Kier alpha value is -3.98. The van der Waals surface area contributed by atoms with Gasteiger partial charge in [0.2, 0.25) is 0 Å². The molecular weight excluding hydrogens is 424 g/mol. The van der Waals surface area contributed by atoms with Crippen LogP contribution in [-0.4, -0.2) is 36.3 Å². The number of anilines is 2. The summed E-state index contributed by atoms with van der Waals surface area (Å²) in [6, 6.07) is 16.9. The number of hydrogen-bond acceptors (Lipinski definition) is 7. The van der Waals surface area contributed by atoms with E-state index in [0.29, 0.717) is 17.2 Å². The van der Waals surface area contributed by atoms with Crippen molar-refractivity contribution >= 4 is 44.5 Å². The van der Waals surface area contributed by atoms with Crippen molar-refractivity contribution in [3.63, 3.8) is 0 Å². The van der Waals surface area contributed by atoms with Crippen LogP contribution in [0.2, 0.25) is 0 Å². The first-order chi connectivity index (χ1) is 15.3. The Kier molecular flexibility index (Phi) is 5.74. The van der Waals surface area contributed by atoms with E-state index in [1.807, 2.05) is 49.4 Å². The quantitative estimate of drug-likeness (QED) is 0.288. The van der Waals surface area contributed by atoms with E-state index >= 15 is 0 Å². The van der Waals surface area contributed by atoms with Gasteiger partial charge >= 0.3 is 0 Å². The number of aromatic amines is 1. The van der Waals surface area contributed by atoms with Crippen molar-refractivity contribution in [2.45, 2.75) is 11.9 Å². The Labute approximate surface area is 186 Å². The molecule has 0 amide bonds. The van der Waals surface area contributed by atoms with Crippen molar-refractivity contribution in [2.24, 2.45) is 5.10 Å². The predicted octanol–water partition coefficient (Wildman–Crippen LogP) is 4.34. The zero-order chi connectivity index (χ0) is 22.7. The first kappa shape index (κ1) is 21.3. The van der Waals surface area contributed by atoms with Crippen molar-refractivity contribution in [3.8, 4) is 11.4 Å². The first-order valence-corrected chi connectivity index (χ1v) is 11.6. The molecule has 0 spiro atoms. The minimum absolute atomic E-state index is 0.186. The molecule has 2 aromatic heterocycles. The highest BCUT2D eigenvalue weighted by Gasteiger charge is 2.12. The average Bonchev–Trinajstić information content (AvgIpc) is 3.22. The molecule has 0 aliphatic rings. The number of allylic oxidation sites excluding steroid dienone is 1. The van der Waals surface area contributed by atoms with Crippen LogP contribution in [-0.2, 0) is 9.84 Å². The molecule has 4 rings (SSSR count). The lowest BCUT2D eigenvalue weighted by molar-refractivity contribution is 0.599. The van der Waals surface area contributed by atoms with Gasteiger partial charge < -0.3 is 10.3 Å². The van der Waals surface area contributed by atoms with E-state index in [-0.39, 0.29) is 5.03 Å². The summed E-state index contributed by atoms with van der Waals surface area (Å²) in [7, 11) is -3.31. The number of sulfone groups is 1. The first-order valence-electron chi connectivity index (χ1n) is 9.75. The summed E-state index contributed by atoms with van der Waals surface area (Å²) < 4.78 is 23.6. The number of nitrogens with one attached hydrogen (secondary N) is 3. The molecule has 0 bridgehead atoms. The molecule has 8 nitrogen and oxygen atoms in total. The summed E-state index contributed by atoms with van der Waals surface area (Å²) in [4.78, 5) is 11.9. The topological polar surface area (TPSA) is 112 Å². The summed E-state index contributed by atoms with van der Waals surface area (Å²) in [6.07, 6.45) is 4.64. The maximum absolute atomic E-state index is 11.8. The number of aromatic nitrogens is 3. The van der Waals surface area contributed by atoms with E-state index in [1.165, 1.54) is 6.26 Å². The number of hydrazone groups is 1. The fraction of sp³-hybridized carbons (Fsp3) is 0.0870. The molecule has 162 valence electrons. The van der Waals surface area contributed by atoms with Crippen LogP contribution >= 0.6 is 0 Å². The van der Waals surface area contributed by atoms with E-state index in [9.17, 15) is 8.42 Å². The molecule has 0 saturated carbocycles. The number of fused-ring (bicyclic) bond motifs is 1. The van der Waals surface area contributed by atoms with E-state index in [0.717, 1.165) is 27.8 Å². The van der Waals surface area contributed by atoms with Gasteiger partial charge in [-0.15, -0.1) is 0 Å². The summed E-state index contributed by atoms with van der Waals surface area (Å²) >= 11 is 0. The third kappa shape index (κ3) is 4.68. The Bertz CT molecular complexity index is 1420. The zero-order valence-electron chi connectivity index (χ0n) is 17.6. The molecule has 0 radical (unpaired) electrons. The Morgan fingerprint density at radius 2 is 1.91 bits per heavy atom. The van der Waals surface area contributed by atoms with Crippen molar-refractivity contribution in [3.05, 3.63) is 72.6 Å². The lowest BCUT2D eigenvalue weighted by Gasteiger charge is -2.09. The molecular formula is C23H22N6O2S. The summed E-state index contributed by atoms with van der Waals surface area (Å²) in [5, 5.41) is 7.89. The van der Waals surface area contributed by atoms with Gasteiger partial charge in [-0.3, -0.25) is 5.43 Å². The molecule has 0 aliphatic carbocycles. The smallest absolute Gasteiger partial charge is 0.190 e. The highest BCUT2D eigenvalue weighted by atomic mass is 32.2. The molecule has 0 atom stereocenters. The maximum Gasteiger partial charge on any atom is 0.190 e. The van der Waals surface area contributed by atoms with E-state index in [1.54, 1.807) is 24.5 Å². The van der Waals surface area contributed by atoms with Crippen molar-refractivity contribution in [2.75, 3.05) is 11.6 Å². The fourth-order valence-corrected chi connectivity index (χ4v) is 3.83. The lowest BCUT2D eigenvalue weighted by atomic mass is 10.1. The second kappa shape index (κ2) is 8.64. The molecule has 9 heteroatoms. The SMILES string of the molecule is C=NN/C=C(\C)c1ccc(Nc2ccnc(-c3ccc4cc(S(C)(=O)=O)[nH]c4c3)n2)cc1. The molecule has 0 fully saturated rings. The third-order valence-corrected chi connectivity index (χ3v) is 5.91. The largest absolute Gasteiger partial charge is 0.346 e. The van der Waals surface area contributed by atoms with Crippen molar-refractivity contribution in [1.82, 2.24) is 20.4 Å². The molecule has 3 N–H and O–H groups in total. The van der Waals surface area contributed by atoms with Gasteiger partial charge in [0.1, 0.15) is 10.8 Å². The summed E-state index contributed by atoms with van der Waals surface area (Å²) in [6.45, 7) is 5.37. The minimum atomic E-state index is -3.31. The van der Waals surface area contributed by atoms with E-state index in [4.69, 9.17) is 0 Å². The van der Waals surface area contributed by atoms with E-state index < -0.39 is 9.84 Å². The van der Waals surface area contributed by atoms with Gasteiger partial charge in [-0.05, 0) is 48.4 Å². The fourth-order valence-electron chi connectivity index (χ4n) is 3.20. The van der Waals surface area contributed by atoms with Crippen LogP contribution in [0.3, 0.4) is 0 Å². The predicted molar refractivity (Wildman–Crippen MR) is 128 cm³/mol. The number of nitrogens with zero attached hydrogens (tertiary/aromatic N) is 3. The van der Waals surface area contributed by atoms with Crippen molar-refractivity contribution in [1.29, 1.82) is 0 Å². The summed E-state index contributed by atoms with van der Waals surface area (Å²) in [5.74, 6) is 1.18. The highest BCUT2D eigenvalue weighted by molar-refractivity contribution is 7.90. The van der Waals surface area contributed by atoms with E-state index in [2.05, 4.69) is 37.5 Å². The average molecular weight is 447 g/mol. The van der Waals surface area contributed by atoms with Crippen molar-refractivity contribution < 1.29 is 8.42 Å². The molecule has 0 aliphatic heterocycles. The van der Waals surface area contributed by atoms with Gasteiger partial charge in [0.25, 0.3) is 0 Å². The van der Waals surface area contributed by atoms with Crippen LogP contribution in [0.1, 0.15) is 12.5 Å². The van der Waals surface area contributed by atoms with Crippen LogP contribution in [0.15, 0.2) is 77.1 Å². The molecule has 2 heterocycles. The van der Waals surface area contributed by atoms with Crippen LogP contribution < -0.4 is 10.7 Å². The van der Waals surface area contributed by atoms with Gasteiger partial charge in [0, 0.05) is 47.5 Å². The van der Waals surface area contributed by atoms with Crippen LogP contribution in [0.25, 0.3) is 27.9 Å². The second-order valence-electron chi connectivity index (χ2n) is 7.29. The Morgan fingerprint density at radius 1 is 1.12 bits per heavy atom. The van der Waals surface area contributed by atoms with Gasteiger partial charge in [0.15, 0.2) is 15.7 Å². The number of H-pyrrole nitrogens is 1. The van der Waals surface area contributed by atoms with Crippen LogP contribution in [0, 0.1) is 0 Å². The molecule has 4 aromatic rings. The lowest BCUT2D eigenvalue weighted by Crippen LogP contribution is -1.97. The van der Waals surface area contributed by atoms with Crippen LogP contribution in [0.5, 0.6) is 0 Å². The Balaban J connectivity index is 1.57. The molecule has 2 aromatic carbocycles. The number of hydrogen-bond donors (Lipinski definition) is 3. The minimum Gasteiger partial charge on any atom is -0.346 e. The highest BCUT2D eigenvalue weighted by Crippen LogP contribution is 2.25. The molecule has 32 heavy (non-hydrogen) atoms. The van der Waals surface area contributed by atoms with Gasteiger partial charge in [0.05, 0.1) is 0 Å².